The predicted molar refractivity (Wildman–Crippen MR) is 145 cm³/mol. The van der Waals surface area contributed by atoms with Crippen LogP contribution in [0.25, 0.3) is 11.3 Å². The van der Waals surface area contributed by atoms with Gasteiger partial charge in [0, 0.05) is 39.4 Å². The Labute approximate surface area is 217 Å². The number of likely N-dealkylation sites (N-methyl/N-ethyl adjacent to an activating group) is 1. The second kappa shape index (κ2) is 11.7. The first-order chi connectivity index (χ1) is 17.4. The third-order valence-electron chi connectivity index (χ3n) is 5.70. The molecule has 0 N–H and O–H groups in total. The minimum atomic E-state index is -0.415. The van der Waals surface area contributed by atoms with E-state index in [0.29, 0.717) is 30.4 Å². The molecule has 1 aromatic heterocycles. The lowest BCUT2D eigenvalue weighted by Gasteiger charge is -2.22. The highest BCUT2D eigenvalue weighted by atomic mass is 35.5. The Morgan fingerprint density at radius 3 is 2.33 bits per heavy atom. The van der Waals surface area contributed by atoms with Crippen molar-refractivity contribution in [3.8, 4) is 17.0 Å². The van der Waals surface area contributed by atoms with Crippen LogP contribution in [0.2, 0.25) is 0 Å². The zero-order valence-corrected chi connectivity index (χ0v) is 21.4. The fourth-order valence-electron chi connectivity index (χ4n) is 3.74. The van der Waals surface area contributed by atoms with Gasteiger partial charge >= 0.3 is 0 Å². The largest absolute Gasteiger partial charge is 0.489 e. The third-order valence-corrected chi connectivity index (χ3v) is 6.09. The molecule has 4 rings (SSSR count). The van der Waals surface area contributed by atoms with Crippen molar-refractivity contribution in [3.05, 3.63) is 108 Å². The van der Waals surface area contributed by atoms with E-state index in [1.807, 2.05) is 104 Å². The normalized spacial score (nSPS) is 11.6. The van der Waals surface area contributed by atoms with Crippen LogP contribution in [0.15, 0.2) is 91.1 Å². The summed E-state index contributed by atoms with van der Waals surface area (Å²) < 4.78 is 5.94. The summed E-state index contributed by atoms with van der Waals surface area (Å²) in [7, 11) is 5.48. The van der Waals surface area contributed by atoms with Gasteiger partial charge in [-0.1, -0.05) is 72.8 Å². The van der Waals surface area contributed by atoms with E-state index in [-0.39, 0.29) is 5.91 Å². The summed E-state index contributed by atoms with van der Waals surface area (Å²) in [5, 5.41) is -0.415. The minimum Gasteiger partial charge on any atom is -0.489 e. The van der Waals surface area contributed by atoms with Gasteiger partial charge in [0.05, 0.1) is 16.6 Å². The summed E-state index contributed by atoms with van der Waals surface area (Å²) in [6.07, 6.45) is 1.59. The van der Waals surface area contributed by atoms with Crippen molar-refractivity contribution >= 4 is 23.5 Å². The van der Waals surface area contributed by atoms with Crippen LogP contribution >= 0.6 is 11.6 Å². The molecule has 0 aliphatic heterocycles. The first kappa shape index (κ1) is 25.2. The third kappa shape index (κ3) is 6.20. The molecule has 0 saturated heterocycles. The van der Waals surface area contributed by atoms with Crippen LogP contribution in [-0.2, 0) is 6.61 Å². The SMILES string of the molecule is CN(CC(Cl)c1cccc(OCc2ccccc2)c1)C(=O)c1cnc(N(C)C)nc1-c1ccccc1. The number of ether oxygens (including phenoxy) is 1. The van der Waals surface area contributed by atoms with Gasteiger partial charge in [0.25, 0.3) is 5.91 Å². The molecule has 6 nitrogen and oxygen atoms in total. The van der Waals surface area contributed by atoms with Gasteiger partial charge in [-0.3, -0.25) is 4.79 Å². The first-order valence-corrected chi connectivity index (χ1v) is 12.1. The van der Waals surface area contributed by atoms with Gasteiger partial charge in [-0.25, -0.2) is 9.97 Å². The molecule has 0 fully saturated rings. The van der Waals surface area contributed by atoms with Crippen molar-refractivity contribution in [2.45, 2.75) is 12.0 Å². The smallest absolute Gasteiger partial charge is 0.257 e. The lowest BCUT2D eigenvalue weighted by molar-refractivity contribution is 0.0795. The molecule has 1 atom stereocenters. The minimum absolute atomic E-state index is 0.193. The van der Waals surface area contributed by atoms with E-state index in [9.17, 15) is 4.79 Å². The quantitative estimate of drug-likeness (QED) is 0.270. The standard InChI is InChI=1S/C29H29ClN4O2/c1-33(2)29-31-18-25(27(32-29)22-13-8-5-9-14-22)28(35)34(3)19-26(30)23-15-10-16-24(17-23)36-20-21-11-6-4-7-12-21/h4-18,26H,19-20H2,1-3H3. The van der Waals surface area contributed by atoms with E-state index in [0.717, 1.165) is 22.4 Å². The molecule has 0 radical (unpaired) electrons. The van der Waals surface area contributed by atoms with E-state index in [4.69, 9.17) is 16.3 Å². The Hall–Kier alpha value is -3.90. The molecule has 0 saturated carbocycles. The van der Waals surface area contributed by atoms with Crippen LogP contribution in [0.3, 0.4) is 0 Å². The monoisotopic (exact) mass is 500 g/mol. The van der Waals surface area contributed by atoms with Crippen molar-refractivity contribution in [2.75, 3.05) is 32.6 Å². The lowest BCUT2D eigenvalue weighted by atomic mass is 10.1. The summed E-state index contributed by atoms with van der Waals surface area (Å²) in [6, 6.07) is 27.3. The molecule has 1 unspecified atom stereocenters. The van der Waals surface area contributed by atoms with E-state index in [1.165, 1.54) is 0 Å². The van der Waals surface area contributed by atoms with Crippen molar-refractivity contribution in [2.24, 2.45) is 0 Å². The van der Waals surface area contributed by atoms with Crippen LogP contribution in [0.4, 0.5) is 5.95 Å². The predicted octanol–water partition coefficient (Wildman–Crippen LogP) is 5.84. The summed E-state index contributed by atoms with van der Waals surface area (Å²) >= 11 is 6.76. The summed E-state index contributed by atoms with van der Waals surface area (Å²) in [6.45, 7) is 0.785. The molecule has 1 amide bonds. The molecule has 1 heterocycles. The average Bonchev–Trinajstić information content (AvgIpc) is 2.92. The zero-order chi connectivity index (χ0) is 25.5. The Balaban J connectivity index is 1.49. The Kier molecular flexibility index (Phi) is 8.18. The fourth-order valence-corrected chi connectivity index (χ4v) is 4.08. The highest BCUT2D eigenvalue weighted by molar-refractivity contribution is 6.21. The number of halogens is 1. The second-order valence-corrected chi connectivity index (χ2v) is 9.22. The van der Waals surface area contributed by atoms with Crippen LogP contribution in [0.5, 0.6) is 5.75 Å². The van der Waals surface area contributed by atoms with Gasteiger partial charge in [-0.15, -0.1) is 11.6 Å². The number of carbonyl (C=O) groups is 1. The van der Waals surface area contributed by atoms with Gasteiger partial charge in [0.1, 0.15) is 12.4 Å². The molecule has 0 spiro atoms. The molecule has 3 aromatic carbocycles. The number of alkyl halides is 1. The molecule has 0 aliphatic rings. The molecule has 7 heteroatoms. The summed E-state index contributed by atoms with van der Waals surface area (Å²) in [5.41, 5.74) is 3.84. The maximum Gasteiger partial charge on any atom is 0.257 e. The number of anilines is 1. The number of nitrogens with zero attached hydrogens (tertiary/aromatic N) is 4. The van der Waals surface area contributed by atoms with Gasteiger partial charge in [-0.2, -0.15) is 0 Å². The van der Waals surface area contributed by atoms with Crippen molar-refractivity contribution < 1.29 is 9.53 Å². The number of amides is 1. The Morgan fingerprint density at radius 1 is 0.944 bits per heavy atom. The number of hydrogen-bond acceptors (Lipinski definition) is 5. The van der Waals surface area contributed by atoms with Gasteiger partial charge < -0.3 is 14.5 Å². The highest BCUT2D eigenvalue weighted by Gasteiger charge is 2.22. The van der Waals surface area contributed by atoms with Crippen molar-refractivity contribution in [1.82, 2.24) is 14.9 Å². The lowest BCUT2D eigenvalue weighted by Crippen LogP contribution is -2.31. The number of rotatable bonds is 9. The molecule has 36 heavy (non-hydrogen) atoms. The van der Waals surface area contributed by atoms with Crippen LogP contribution in [-0.4, -0.2) is 48.5 Å². The van der Waals surface area contributed by atoms with Crippen LogP contribution < -0.4 is 9.64 Å². The average molecular weight is 501 g/mol. The first-order valence-electron chi connectivity index (χ1n) is 11.7. The zero-order valence-electron chi connectivity index (χ0n) is 20.6. The molecule has 4 aromatic rings. The number of benzene rings is 3. The van der Waals surface area contributed by atoms with E-state index in [1.54, 1.807) is 18.1 Å². The van der Waals surface area contributed by atoms with Gasteiger partial charge in [0.15, 0.2) is 0 Å². The van der Waals surface area contributed by atoms with E-state index >= 15 is 0 Å². The summed E-state index contributed by atoms with van der Waals surface area (Å²) in [5.74, 6) is 1.08. The van der Waals surface area contributed by atoms with Crippen molar-refractivity contribution in [1.29, 1.82) is 0 Å². The Bertz CT molecular complexity index is 1300. The molecular formula is C29H29ClN4O2. The fraction of sp³-hybridized carbons (Fsp3) is 0.207. The summed E-state index contributed by atoms with van der Waals surface area (Å²) in [4.78, 5) is 25.9. The maximum absolute atomic E-state index is 13.5. The number of hydrogen-bond donors (Lipinski definition) is 0. The number of aromatic nitrogens is 2. The van der Waals surface area contributed by atoms with Gasteiger partial charge in [0.2, 0.25) is 5.95 Å². The Morgan fingerprint density at radius 2 is 1.64 bits per heavy atom. The number of carbonyl (C=O) groups excluding carboxylic acids is 1. The van der Waals surface area contributed by atoms with Crippen LogP contribution in [0, 0.1) is 0 Å². The van der Waals surface area contributed by atoms with Crippen LogP contribution in [0.1, 0.15) is 26.9 Å². The molecule has 0 aliphatic carbocycles. The van der Waals surface area contributed by atoms with Crippen molar-refractivity contribution in [3.63, 3.8) is 0 Å². The molecule has 184 valence electrons. The maximum atomic E-state index is 13.5. The second-order valence-electron chi connectivity index (χ2n) is 8.69. The van der Waals surface area contributed by atoms with Gasteiger partial charge in [-0.05, 0) is 23.3 Å². The molecular weight excluding hydrogens is 472 g/mol. The topological polar surface area (TPSA) is 58.6 Å². The van der Waals surface area contributed by atoms with E-state index < -0.39 is 5.38 Å². The van der Waals surface area contributed by atoms with E-state index in [2.05, 4.69) is 9.97 Å². The highest BCUT2D eigenvalue weighted by Crippen LogP contribution is 2.28. The molecule has 0 bridgehead atoms.